The number of anilines is 1. The van der Waals surface area contributed by atoms with Crippen LogP contribution >= 0.6 is 11.6 Å². The molecular weight excluding hydrogens is 298 g/mol. The van der Waals surface area contributed by atoms with Crippen LogP contribution in [-0.2, 0) is 6.54 Å². The van der Waals surface area contributed by atoms with Gasteiger partial charge in [-0.1, -0.05) is 29.8 Å². The molecule has 4 nitrogen and oxygen atoms in total. The lowest BCUT2D eigenvalue weighted by Crippen LogP contribution is -2.11. The fourth-order valence-corrected chi connectivity index (χ4v) is 2.31. The molecule has 0 aliphatic heterocycles. The normalized spacial score (nSPS) is 10.4. The van der Waals surface area contributed by atoms with Crippen LogP contribution in [0.25, 0.3) is 0 Å². The maximum atomic E-state index is 12.2. The average molecular weight is 312 g/mol. The zero-order chi connectivity index (χ0) is 15.4. The monoisotopic (exact) mass is 311 g/mol. The highest BCUT2D eigenvalue weighted by molar-refractivity contribution is 6.30. The van der Waals surface area contributed by atoms with Gasteiger partial charge in [0.15, 0.2) is 0 Å². The zero-order valence-corrected chi connectivity index (χ0v) is 12.5. The van der Waals surface area contributed by atoms with Crippen LogP contribution in [0.4, 0.5) is 5.69 Å². The molecule has 1 aromatic heterocycles. The number of hydrogen-bond acceptors (Lipinski definition) is 2. The fraction of sp³-hybridized carbons (Fsp3) is 0.0588. The average Bonchev–Trinajstić information content (AvgIpc) is 3.01. The highest BCUT2D eigenvalue weighted by Gasteiger charge is 2.06. The molecule has 110 valence electrons. The number of hydrogen-bond donors (Lipinski definition) is 1. The molecule has 22 heavy (non-hydrogen) atoms. The van der Waals surface area contributed by atoms with E-state index >= 15 is 0 Å². The maximum absolute atomic E-state index is 12.2. The van der Waals surface area contributed by atoms with Gasteiger partial charge in [-0.25, -0.2) is 4.98 Å². The maximum Gasteiger partial charge on any atom is 0.255 e. The lowest BCUT2D eigenvalue weighted by Gasteiger charge is -2.07. The predicted octanol–water partition coefficient (Wildman–Crippen LogP) is 3.84. The van der Waals surface area contributed by atoms with Gasteiger partial charge in [0.05, 0.1) is 6.33 Å². The van der Waals surface area contributed by atoms with E-state index in [1.165, 1.54) is 0 Å². The smallest absolute Gasteiger partial charge is 0.255 e. The van der Waals surface area contributed by atoms with Crippen LogP contribution in [0.1, 0.15) is 15.9 Å². The summed E-state index contributed by atoms with van der Waals surface area (Å²) in [6, 6.07) is 14.6. The highest BCUT2D eigenvalue weighted by Crippen LogP contribution is 2.16. The Morgan fingerprint density at radius 1 is 1.18 bits per heavy atom. The van der Waals surface area contributed by atoms with Gasteiger partial charge in [0, 0.05) is 35.2 Å². The number of rotatable bonds is 4. The number of carbonyl (C=O) groups is 1. The Morgan fingerprint density at radius 3 is 2.68 bits per heavy atom. The summed E-state index contributed by atoms with van der Waals surface area (Å²) in [4.78, 5) is 16.2. The van der Waals surface area contributed by atoms with E-state index in [0.717, 1.165) is 12.1 Å². The zero-order valence-electron chi connectivity index (χ0n) is 11.7. The SMILES string of the molecule is O=C(Nc1cccc(Cl)c1)c1ccc(Cn2ccnc2)cc1. The number of carbonyl (C=O) groups excluding carboxylic acids is 1. The van der Waals surface area contributed by atoms with Gasteiger partial charge in [0.25, 0.3) is 5.91 Å². The van der Waals surface area contributed by atoms with E-state index in [4.69, 9.17) is 11.6 Å². The topological polar surface area (TPSA) is 46.9 Å². The minimum absolute atomic E-state index is 0.156. The van der Waals surface area contributed by atoms with E-state index in [0.29, 0.717) is 16.3 Å². The van der Waals surface area contributed by atoms with Crippen molar-refractivity contribution in [2.75, 3.05) is 5.32 Å². The molecule has 0 fully saturated rings. The number of halogens is 1. The summed E-state index contributed by atoms with van der Waals surface area (Å²) in [5.74, 6) is -0.156. The van der Waals surface area contributed by atoms with Gasteiger partial charge >= 0.3 is 0 Å². The fourth-order valence-electron chi connectivity index (χ4n) is 2.12. The third-order valence-corrected chi connectivity index (χ3v) is 3.46. The summed E-state index contributed by atoms with van der Waals surface area (Å²) in [7, 11) is 0. The second-order valence-electron chi connectivity index (χ2n) is 4.90. The van der Waals surface area contributed by atoms with Gasteiger partial charge in [-0.3, -0.25) is 4.79 Å². The molecule has 0 spiro atoms. The Labute approximate surface area is 133 Å². The van der Waals surface area contributed by atoms with E-state index in [1.54, 1.807) is 36.8 Å². The van der Waals surface area contributed by atoms with Crippen molar-refractivity contribution in [3.8, 4) is 0 Å². The second kappa shape index (κ2) is 6.45. The molecule has 1 N–H and O–H groups in total. The molecule has 5 heteroatoms. The quantitative estimate of drug-likeness (QED) is 0.796. The molecule has 0 saturated carbocycles. The lowest BCUT2D eigenvalue weighted by molar-refractivity contribution is 0.102. The molecule has 1 amide bonds. The summed E-state index contributed by atoms with van der Waals surface area (Å²) < 4.78 is 1.97. The van der Waals surface area contributed by atoms with E-state index in [9.17, 15) is 4.79 Å². The van der Waals surface area contributed by atoms with Gasteiger partial charge in [0.2, 0.25) is 0 Å². The first-order valence-electron chi connectivity index (χ1n) is 6.82. The number of nitrogens with zero attached hydrogens (tertiary/aromatic N) is 2. The van der Waals surface area contributed by atoms with Crippen molar-refractivity contribution in [3.05, 3.63) is 83.4 Å². The third-order valence-electron chi connectivity index (χ3n) is 3.22. The highest BCUT2D eigenvalue weighted by atomic mass is 35.5. The van der Waals surface area contributed by atoms with Crippen molar-refractivity contribution in [2.24, 2.45) is 0 Å². The largest absolute Gasteiger partial charge is 0.333 e. The Kier molecular flexibility index (Phi) is 4.21. The lowest BCUT2D eigenvalue weighted by atomic mass is 10.1. The van der Waals surface area contributed by atoms with Crippen molar-refractivity contribution in [1.29, 1.82) is 0 Å². The van der Waals surface area contributed by atoms with Crippen molar-refractivity contribution >= 4 is 23.2 Å². The van der Waals surface area contributed by atoms with Crippen LogP contribution in [0.3, 0.4) is 0 Å². The first kappa shape index (κ1) is 14.4. The molecule has 0 aliphatic rings. The number of aromatic nitrogens is 2. The standard InChI is InChI=1S/C17H14ClN3O/c18-15-2-1-3-16(10-15)20-17(22)14-6-4-13(5-7-14)11-21-9-8-19-12-21/h1-10,12H,11H2,(H,20,22). The van der Waals surface area contributed by atoms with Gasteiger partial charge in [-0.05, 0) is 35.9 Å². The van der Waals surface area contributed by atoms with Crippen LogP contribution in [0.5, 0.6) is 0 Å². The Bertz CT molecular complexity index is 767. The van der Waals surface area contributed by atoms with E-state index < -0.39 is 0 Å². The van der Waals surface area contributed by atoms with Crippen LogP contribution in [0.15, 0.2) is 67.3 Å². The van der Waals surface area contributed by atoms with Crippen LogP contribution in [0, 0.1) is 0 Å². The Balaban J connectivity index is 1.68. The molecule has 3 aromatic rings. The van der Waals surface area contributed by atoms with E-state index in [2.05, 4.69) is 10.3 Å². The van der Waals surface area contributed by atoms with Crippen molar-refractivity contribution < 1.29 is 4.79 Å². The molecule has 2 aromatic carbocycles. The van der Waals surface area contributed by atoms with Gasteiger partial charge in [-0.15, -0.1) is 0 Å². The van der Waals surface area contributed by atoms with E-state index in [-0.39, 0.29) is 5.91 Å². The second-order valence-corrected chi connectivity index (χ2v) is 5.33. The van der Waals surface area contributed by atoms with Gasteiger partial charge < -0.3 is 9.88 Å². The van der Waals surface area contributed by atoms with Crippen LogP contribution in [-0.4, -0.2) is 15.5 Å². The van der Waals surface area contributed by atoms with Gasteiger partial charge in [-0.2, -0.15) is 0 Å². The predicted molar refractivity (Wildman–Crippen MR) is 87.2 cm³/mol. The number of benzene rings is 2. The number of amides is 1. The van der Waals surface area contributed by atoms with E-state index in [1.807, 2.05) is 35.0 Å². The first-order chi connectivity index (χ1) is 10.7. The Morgan fingerprint density at radius 2 is 2.00 bits per heavy atom. The molecule has 1 heterocycles. The first-order valence-corrected chi connectivity index (χ1v) is 7.20. The van der Waals surface area contributed by atoms with Crippen molar-refractivity contribution in [3.63, 3.8) is 0 Å². The van der Waals surface area contributed by atoms with Crippen molar-refractivity contribution in [2.45, 2.75) is 6.54 Å². The summed E-state index contributed by atoms with van der Waals surface area (Å²) in [5, 5.41) is 3.42. The molecule has 0 bridgehead atoms. The minimum atomic E-state index is -0.156. The molecule has 0 saturated heterocycles. The summed E-state index contributed by atoms with van der Waals surface area (Å²) in [6.45, 7) is 0.732. The molecule has 0 unspecified atom stereocenters. The minimum Gasteiger partial charge on any atom is -0.333 e. The summed E-state index contributed by atoms with van der Waals surface area (Å²) in [6.07, 6.45) is 5.41. The molecule has 3 rings (SSSR count). The van der Waals surface area contributed by atoms with Crippen LogP contribution in [0.2, 0.25) is 5.02 Å². The molecule has 0 aliphatic carbocycles. The summed E-state index contributed by atoms with van der Waals surface area (Å²) in [5.41, 5.74) is 2.40. The molecule has 0 atom stereocenters. The Hall–Kier alpha value is -2.59. The summed E-state index contributed by atoms with van der Waals surface area (Å²) >= 11 is 5.90. The molecular formula is C17H14ClN3O. The van der Waals surface area contributed by atoms with Gasteiger partial charge in [0.1, 0.15) is 0 Å². The van der Waals surface area contributed by atoms with Crippen molar-refractivity contribution in [1.82, 2.24) is 9.55 Å². The van der Waals surface area contributed by atoms with Crippen LogP contribution < -0.4 is 5.32 Å². The number of imidazole rings is 1. The third kappa shape index (κ3) is 3.54. The number of nitrogens with one attached hydrogen (secondary N) is 1. The molecule has 0 radical (unpaired) electrons.